The van der Waals surface area contributed by atoms with Gasteiger partial charge in [-0.1, -0.05) is 42.5 Å². The molecule has 0 bridgehead atoms. The zero-order valence-electron chi connectivity index (χ0n) is 20.5. The number of aromatic carboxylic acids is 1. The average Bonchev–Trinajstić information content (AvgIpc) is 3.57. The Bertz CT molecular complexity index is 1150. The molecule has 3 aromatic rings. The SMILES string of the molecule is CC1CCC(C(=O)N(c2cc(-c3ccccc3)sc2C(=O)O)C2CCC(n3ccnn3)CC2)CC1.F. The molecule has 2 aliphatic carbocycles. The minimum Gasteiger partial charge on any atom is -0.477 e. The maximum absolute atomic E-state index is 14.0. The maximum Gasteiger partial charge on any atom is 0.348 e. The molecule has 0 atom stereocenters. The standard InChI is InChI=1S/C27H32N4O3S.FH/c1-18-7-9-20(10-8-18)26(32)31(22-13-11-21(12-14-22)30-16-15-28-29-30)23-17-24(35-25(23)27(33)34)19-5-3-2-4-6-19;/h2-6,15-18,20-22H,7-14H2,1H3,(H,33,34);1H. The van der Waals surface area contributed by atoms with E-state index in [9.17, 15) is 14.7 Å². The number of anilines is 1. The third-order valence-corrected chi connectivity index (χ3v) is 8.83. The molecule has 0 radical (unpaired) electrons. The summed E-state index contributed by atoms with van der Waals surface area (Å²) in [6, 6.07) is 12.0. The van der Waals surface area contributed by atoms with Crippen molar-refractivity contribution < 1.29 is 19.4 Å². The van der Waals surface area contributed by atoms with E-state index >= 15 is 0 Å². The van der Waals surface area contributed by atoms with Crippen LogP contribution in [0.2, 0.25) is 0 Å². The van der Waals surface area contributed by atoms with Gasteiger partial charge in [0.15, 0.2) is 0 Å². The van der Waals surface area contributed by atoms with E-state index in [-0.39, 0.29) is 33.5 Å². The second-order valence-electron chi connectivity index (χ2n) is 10.0. The number of carboxylic acid groups (broad SMARTS) is 1. The Morgan fingerprint density at radius 1 is 1.03 bits per heavy atom. The summed E-state index contributed by atoms with van der Waals surface area (Å²) in [4.78, 5) is 29.4. The number of amides is 1. The Labute approximate surface area is 214 Å². The quantitative estimate of drug-likeness (QED) is 0.425. The van der Waals surface area contributed by atoms with Gasteiger partial charge in [-0.3, -0.25) is 9.50 Å². The summed E-state index contributed by atoms with van der Waals surface area (Å²) in [6.07, 6.45) is 10.8. The molecule has 2 heterocycles. The van der Waals surface area contributed by atoms with Crippen LogP contribution in [0.15, 0.2) is 48.8 Å². The molecule has 1 amide bonds. The zero-order chi connectivity index (χ0) is 24.4. The van der Waals surface area contributed by atoms with Gasteiger partial charge in [-0.25, -0.2) is 9.48 Å². The van der Waals surface area contributed by atoms with Crippen molar-refractivity contribution in [3.8, 4) is 10.4 Å². The Balaban J connectivity index is 0.00000304. The van der Waals surface area contributed by atoms with Crippen LogP contribution in [-0.2, 0) is 4.79 Å². The average molecular weight is 513 g/mol. The van der Waals surface area contributed by atoms with Crippen molar-refractivity contribution in [3.05, 3.63) is 53.7 Å². The molecule has 0 aliphatic heterocycles. The summed E-state index contributed by atoms with van der Waals surface area (Å²) in [7, 11) is 0. The van der Waals surface area contributed by atoms with Crippen LogP contribution in [-0.4, -0.2) is 38.0 Å². The van der Waals surface area contributed by atoms with Crippen LogP contribution in [0.25, 0.3) is 10.4 Å². The lowest BCUT2D eigenvalue weighted by molar-refractivity contribution is -0.124. The minimum absolute atomic E-state index is 0. The molecule has 0 spiro atoms. The first-order valence-corrected chi connectivity index (χ1v) is 13.4. The second kappa shape index (κ2) is 11.3. The first-order valence-electron chi connectivity index (χ1n) is 12.6. The van der Waals surface area contributed by atoms with Crippen molar-refractivity contribution in [3.63, 3.8) is 0 Å². The highest BCUT2D eigenvalue weighted by Gasteiger charge is 2.38. The minimum atomic E-state index is -0.974. The van der Waals surface area contributed by atoms with E-state index in [1.807, 2.05) is 52.2 Å². The Morgan fingerprint density at radius 3 is 2.33 bits per heavy atom. The van der Waals surface area contributed by atoms with Crippen molar-refractivity contribution >= 4 is 28.9 Å². The van der Waals surface area contributed by atoms with Gasteiger partial charge in [0.05, 0.1) is 17.9 Å². The Hall–Kier alpha value is -3.07. The van der Waals surface area contributed by atoms with Crippen molar-refractivity contribution in [2.24, 2.45) is 11.8 Å². The largest absolute Gasteiger partial charge is 0.477 e. The van der Waals surface area contributed by atoms with E-state index in [0.717, 1.165) is 61.8 Å². The highest BCUT2D eigenvalue weighted by atomic mass is 32.1. The molecule has 36 heavy (non-hydrogen) atoms. The van der Waals surface area contributed by atoms with Crippen LogP contribution < -0.4 is 4.90 Å². The fourth-order valence-corrected chi connectivity index (χ4v) is 6.64. The lowest BCUT2D eigenvalue weighted by atomic mass is 9.81. The summed E-state index contributed by atoms with van der Waals surface area (Å²) >= 11 is 1.26. The predicted molar refractivity (Wildman–Crippen MR) is 139 cm³/mol. The lowest BCUT2D eigenvalue weighted by Gasteiger charge is -2.39. The molecule has 2 aromatic heterocycles. The lowest BCUT2D eigenvalue weighted by Crippen LogP contribution is -2.46. The first-order chi connectivity index (χ1) is 17.0. The third-order valence-electron chi connectivity index (χ3n) is 7.67. The van der Waals surface area contributed by atoms with Gasteiger partial charge in [0.25, 0.3) is 0 Å². The molecule has 0 saturated heterocycles. The van der Waals surface area contributed by atoms with E-state index in [1.165, 1.54) is 11.3 Å². The molecule has 0 unspecified atom stereocenters. The van der Waals surface area contributed by atoms with E-state index in [2.05, 4.69) is 17.2 Å². The van der Waals surface area contributed by atoms with Gasteiger partial charge < -0.3 is 10.0 Å². The smallest absolute Gasteiger partial charge is 0.348 e. The van der Waals surface area contributed by atoms with Crippen LogP contribution in [0.1, 0.15) is 74.0 Å². The van der Waals surface area contributed by atoms with Crippen molar-refractivity contribution in [2.75, 3.05) is 4.90 Å². The summed E-state index contributed by atoms with van der Waals surface area (Å²) < 4.78 is 1.91. The normalized spacial score (nSPS) is 24.0. The van der Waals surface area contributed by atoms with Crippen molar-refractivity contribution in [1.29, 1.82) is 0 Å². The number of aromatic nitrogens is 3. The highest BCUT2D eigenvalue weighted by Crippen LogP contribution is 2.42. The number of hydrogen-bond donors (Lipinski definition) is 1. The van der Waals surface area contributed by atoms with Gasteiger partial charge in [-0.05, 0) is 68.9 Å². The van der Waals surface area contributed by atoms with E-state index in [1.54, 1.807) is 6.20 Å². The van der Waals surface area contributed by atoms with Gasteiger partial charge in [-0.15, -0.1) is 16.4 Å². The zero-order valence-corrected chi connectivity index (χ0v) is 21.3. The molecule has 2 fully saturated rings. The number of benzene rings is 1. The van der Waals surface area contributed by atoms with E-state index in [4.69, 9.17) is 0 Å². The second-order valence-corrected chi connectivity index (χ2v) is 11.1. The molecule has 2 saturated carbocycles. The van der Waals surface area contributed by atoms with Crippen molar-refractivity contribution in [2.45, 2.75) is 70.4 Å². The molecular weight excluding hydrogens is 479 g/mol. The molecule has 9 heteroatoms. The monoisotopic (exact) mass is 512 g/mol. The van der Waals surface area contributed by atoms with Gasteiger partial charge in [0.1, 0.15) is 4.88 Å². The van der Waals surface area contributed by atoms with Gasteiger partial charge in [0, 0.05) is 23.0 Å². The molecule has 5 rings (SSSR count). The summed E-state index contributed by atoms with van der Waals surface area (Å²) in [5.74, 6) is -0.272. The van der Waals surface area contributed by atoms with Crippen LogP contribution in [0, 0.1) is 11.8 Å². The topological polar surface area (TPSA) is 88.3 Å². The number of halogens is 1. The van der Waals surface area contributed by atoms with Crippen molar-refractivity contribution in [1.82, 2.24) is 15.0 Å². The molecule has 1 N–H and O–H groups in total. The number of carbonyl (C=O) groups is 2. The Kier molecular flexibility index (Phi) is 8.18. The van der Waals surface area contributed by atoms with Gasteiger partial charge in [-0.2, -0.15) is 0 Å². The maximum atomic E-state index is 14.0. The van der Waals surface area contributed by atoms with Crippen LogP contribution in [0.3, 0.4) is 0 Å². The molecule has 7 nitrogen and oxygen atoms in total. The Morgan fingerprint density at radius 2 is 1.72 bits per heavy atom. The fourth-order valence-electron chi connectivity index (χ4n) is 5.65. The third kappa shape index (κ3) is 5.36. The molecular formula is C27H33FN4O3S. The summed E-state index contributed by atoms with van der Waals surface area (Å²) in [5, 5.41) is 18.2. The van der Waals surface area contributed by atoms with Gasteiger partial charge >= 0.3 is 5.97 Å². The molecule has 1 aromatic carbocycles. The number of carbonyl (C=O) groups excluding carboxylic acids is 1. The highest BCUT2D eigenvalue weighted by molar-refractivity contribution is 7.18. The fraction of sp³-hybridized carbons (Fsp3) is 0.481. The summed E-state index contributed by atoms with van der Waals surface area (Å²) in [6.45, 7) is 2.25. The summed E-state index contributed by atoms with van der Waals surface area (Å²) in [5.41, 5.74) is 1.54. The number of nitrogens with zero attached hydrogens (tertiary/aromatic N) is 4. The van der Waals surface area contributed by atoms with Crippen LogP contribution in [0.4, 0.5) is 10.4 Å². The number of rotatable bonds is 6. The van der Waals surface area contributed by atoms with Gasteiger partial charge in [0.2, 0.25) is 5.91 Å². The molecule has 2 aliphatic rings. The number of thiophene rings is 1. The number of carboxylic acids is 1. The van der Waals surface area contributed by atoms with E-state index < -0.39 is 5.97 Å². The first kappa shape index (κ1) is 26.0. The number of hydrogen-bond acceptors (Lipinski definition) is 5. The van der Waals surface area contributed by atoms with Crippen LogP contribution >= 0.6 is 11.3 Å². The van der Waals surface area contributed by atoms with Crippen LogP contribution in [0.5, 0.6) is 0 Å². The molecule has 192 valence electrons. The van der Waals surface area contributed by atoms with E-state index in [0.29, 0.717) is 11.6 Å². The predicted octanol–water partition coefficient (Wildman–Crippen LogP) is 6.20.